The first kappa shape index (κ1) is 11.1. The summed E-state index contributed by atoms with van der Waals surface area (Å²) < 4.78 is 31.0. The van der Waals surface area contributed by atoms with Crippen molar-refractivity contribution in [2.24, 2.45) is 16.7 Å². The lowest BCUT2D eigenvalue weighted by Crippen LogP contribution is -2.40. The second-order valence-electron chi connectivity index (χ2n) is 5.34. The summed E-state index contributed by atoms with van der Waals surface area (Å²) in [5.74, 6) is -0.00535. The number of rotatable bonds is 2. The molecule has 0 aliphatic heterocycles. The van der Waals surface area contributed by atoms with Gasteiger partial charge in [0.2, 0.25) is 0 Å². The summed E-state index contributed by atoms with van der Waals surface area (Å²) in [7, 11) is -4.01. The molecule has 5 heteroatoms. The van der Waals surface area contributed by atoms with E-state index >= 15 is 0 Å². The molecule has 2 rings (SSSR count). The van der Waals surface area contributed by atoms with E-state index in [-0.39, 0.29) is 17.5 Å². The van der Waals surface area contributed by atoms with E-state index in [4.69, 9.17) is 4.55 Å². The average molecular weight is 232 g/mol. The monoisotopic (exact) mass is 232 g/mol. The lowest BCUT2D eigenvalue weighted by Gasteiger charge is -2.35. The Hall–Kier alpha value is -0.420. The summed E-state index contributed by atoms with van der Waals surface area (Å²) in [6.07, 6.45) is 2.12. The zero-order valence-corrected chi connectivity index (χ0v) is 9.80. The Balaban J connectivity index is 2.41. The number of carbonyl (C=O) groups is 1. The van der Waals surface area contributed by atoms with Crippen LogP contribution in [-0.2, 0) is 14.9 Å². The summed E-state index contributed by atoms with van der Waals surface area (Å²) in [5.41, 5.74) is -1.12. The van der Waals surface area contributed by atoms with Crippen molar-refractivity contribution >= 4 is 15.9 Å². The lowest BCUT2D eigenvalue weighted by molar-refractivity contribution is -0.128. The first-order valence-electron chi connectivity index (χ1n) is 5.17. The molecule has 1 N–H and O–H groups in total. The van der Waals surface area contributed by atoms with Gasteiger partial charge in [0.15, 0.2) is 0 Å². The van der Waals surface area contributed by atoms with Gasteiger partial charge in [-0.05, 0) is 24.2 Å². The van der Waals surface area contributed by atoms with Crippen molar-refractivity contribution in [2.45, 2.75) is 33.1 Å². The molecule has 0 saturated heterocycles. The molecule has 4 nitrogen and oxygen atoms in total. The zero-order valence-electron chi connectivity index (χ0n) is 8.99. The molecule has 3 atom stereocenters. The van der Waals surface area contributed by atoms with Gasteiger partial charge in [0.1, 0.15) is 5.78 Å². The topological polar surface area (TPSA) is 71.4 Å². The molecular formula is C10H16O4S. The minimum Gasteiger partial charge on any atom is -0.299 e. The number of carbonyl (C=O) groups excluding carboxylic acids is 1. The molecular weight excluding hydrogens is 216 g/mol. The molecule has 0 heterocycles. The molecule has 0 aromatic heterocycles. The van der Waals surface area contributed by atoms with Crippen LogP contribution in [0.15, 0.2) is 0 Å². The predicted molar refractivity (Wildman–Crippen MR) is 55.0 cm³/mol. The van der Waals surface area contributed by atoms with E-state index in [0.717, 1.165) is 12.8 Å². The molecule has 0 unspecified atom stereocenters. The number of fused-ring (bicyclic) bond motifs is 2. The normalized spacial score (nSPS) is 45.0. The largest absolute Gasteiger partial charge is 0.299 e. The van der Waals surface area contributed by atoms with Crippen molar-refractivity contribution in [3.63, 3.8) is 0 Å². The van der Waals surface area contributed by atoms with Crippen LogP contribution in [0.4, 0.5) is 0 Å². The predicted octanol–water partition coefficient (Wildman–Crippen LogP) is 1.27. The van der Waals surface area contributed by atoms with Crippen molar-refractivity contribution in [2.75, 3.05) is 5.75 Å². The van der Waals surface area contributed by atoms with Crippen LogP contribution in [0.3, 0.4) is 0 Å². The highest BCUT2D eigenvalue weighted by atomic mass is 32.2. The third-order valence-corrected chi connectivity index (χ3v) is 5.65. The van der Waals surface area contributed by atoms with Gasteiger partial charge in [-0.1, -0.05) is 13.8 Å². The van der Waals surface area contributed by atoms with Crippen LogP contribution < -0.4 is 0 Å². The molecule has 2 bridgehead atoms. The molecule has 2 saturated carbocycles. The van der Waals surface area contributed by atoms with Gasteiger partial charge < -0.3 is 0 Å². The second-order valence-corrected chi connectivity index (χ2v) is 6.79. The van der Waals surface area contributed by atoms with Gasteiger partial charge in [0, 0.05) is 11.8 Å². The van der Waals surface area contributed by atoms with E-state index in [0.29, 0.717) is 6.42 Å². The fourth-order valence-electron chi connectivity index (χ4n) is 3.41. The summed E-state index contributed by atoms with van der Waals surface area (Å²) in [6, 6.07) is 0. The first-order valence-corrected chi connectivity index (χ1v) is 6.78. The molecule has 0 aromatic carbocycles. The summed E-state index contributed by atoms with van der Waals surface area (Å²) in [4.78, 5) is 11.8. The molecule has 15 heavy (non-hydrogen) atoms. The van der Waals surface area contributed by atoms with Crippen molar-refractivity contribution in [1.82, 2.24) is 0 Å². The molecule has 2 aliphatic carbocycles. The fraction of sp³-hybridized carbons (Fsp3) is 0.900. The van der Waals surface area contributed by atoms with Crippen LogP contribution in [0, 0.1) is 16.7 Å². The number of hydrogen-bond acceptors (Lipinski definition) is 3. The lowest BCUT2D eigenvalue weighted by atomic mass is 9.70. The fourth-order valence-corrected chi connectivity index (χ4v) is 4.72. The van der Waals surface area contributed by atoms with Crippen molar-refractivity contribution in [3.05, 3.63) is 0 Å². The van der Waals surface area contributed by atoms with E-state index in [9.17, 15) is 13.2 Å². The highest BCUT2D eigenvalue weighted by molar-refractivity contribution is 7.85. The van der Waals surface area contributed by atoms with Crippen LogP contribution in [0.25, 0.3) is 0 Å². The van der Waals surface area contributed by atoms with Crippen LogP contribution in [-0.4, -0.2) is 24.5 Å². The van der Waals surface area contributed by atoms with Gasteiger partial charge in [-0.25, -0.2) is 0 Å². The van der Waals surface area contributed by atoms with E-state index in [1.54, 1.807) is 0 Å². The van der Waals surface area contributed by atoms with E-state index in [2.05, 4.69) is 0 Å². The first-order chi connectivity index (χ1) is 6.69. The third kappa shape index (κ3) is 1.36. The molecule has 0 spiro atoms. The standard InChI is InChI=1S/C10H16O4S/c1-9-4-3-7(5-8(9)11)10(9,2)6-15(12,13)14/h7H,3-6H2,1-2H3,(H,12,13,14)/t7-,9+,10-/m0/s1. The summed E-state index contributed by atoms with van der Waals surface area (Å²) in [5, 5.41) is 0. The van der Waals surface area contributed by atoms with Crippen molar-refractivity contribution < 1.29 is 17.8 Å². The van der Waals surface area contributed by atoms with E-state index in [1.807, 2.05) is 13.8 Å². The third-order valence-electron chi connectivity index (χ3n) is 4.68. The Morgan fingerprint density at radius 3 is 2.40 bits per heavy atom. The van der Waals surface area contributed by atoms with Gasteiger partial charge >= 0.3 is 0 Å². The Labute approximate surface area is 89.8 Å². The van der Waals surface area contributed by atoms with Crippen molar-refractivity contribution in [1.29, 1.82) is 0 Å². The highest BCUT2D eigenvalue weighted by Gasteiger charge is 2.64. The molecule has 2 aliphatic rings. The minimum atomic E-state index is -4.01. The van der Waals surface area contributed by atoms with Crippen LogP contribution >= 0.6 is 0 Å². The van der Waals surface area contributed by atoms with E-state index < -0.39 is 20.9 Å². The molecule has 0 amide bonds. The smallest absolute Gasteiger partial charge is 0.265 e. The number of hydrogen-bond donors (Lipinski definition) is 1. The maximum Gasteiger partial charge on any atom is 0.265 e. The molecule has 0 aromatic rings. The van der Waals surface area contributed by atoms with E-state index in [1.165, 1.54) is 0 Å². The highest BCUT2D eigenvalue weighted by Crippen LogP contribution is 2.64. The number of ketones is 1. The Morgan fingerprint density at radius 1 is 1.47 bits per heavy atom. The maximum absolute atomic E-state index is 11.8. The van der Waals surface area contributed by atoms with Gasteiger partial charge in [-0.15, -0.1) is 0 Å². The maximum atomic E-state index is 11.8. The quantitative estimate of drug-likeness (QED) is 0.728. The van der Waals surface area contributed by atoms with Gasteiger partial charge in [0.25, 0.3) is 10.1 Å². The van der Waals surface area contributed by atoms with Gasteiger partial charge in [-0.2, -0.15) is 8.42 Å². The average Bonchev–Trinajstić information content (AvgIpc) is 2.35. The Kier molecular flexibility index (Phi) is 2.09. The SMILES string of the molecule is C[C@]1(CS(=O)(=O)O)[C@H]2CC[C@]1(C)C(=O)C2. The Morgan fingerprint density at radius 2 is 2.07 bits per heavy atom. The molecule has 2 fully saturated rings. The number of Topliss-reactive ketones (excluding diaryl/α,β-unsaturated/α-hetero) is 1. The minimum absolute atomic E-state index is 0.122. The van der Waals surface area contributed by atoms with Crippen LogP contribution in [0.1, 0.15) is 33.1 Å². The summed E-state index contributed by atoms with van der Waals surface area (Å²) >= 11 is 0. The second kappa shape index (κ2) is 2.83. The molecule has 0 radical (unpaired) electrons. The zero-order chi connectivity index (χ0) is 11.5. The van der Waals surface area contributed by atoms with Crippen LogP contribution in [0.5, 0.6) is 0 Å². The van der Waals surface area contributed by atoms with Crippen molar-refractivity contribution in [3.8, 4) is 0 Å². The van der Waals surface area contributed by atoms with Gasteiger partial charge in [-0.3, -0.25) is 9.35 Å². The summed E-state index contributed by atoms with van der Waals surface area (Å²) in [6.45, 7) is 3.66. The Bertz CT molecular complexity index is 413. The van der Waals surface area contributed by atoms with Crippen LogP contribution in [0.2, 0.25) is 0 Å². The van der Waals surface area contributed by atoms with Gasteiger partial charge in [0.05, 0.1) is 5.75 Å². The molecule has 86 valence electrons.